The van der Waals surface area contributed by atoms with Crippen molar-refractivity contribution in [3.63, 3.8) is 0 Å². The highest BCUT2D eigenvalue weighted by atomic mass is 19.1. The fourth-order valence-electron chi connectivity index (χ4n) is 1.98. The first-order valence-electron chi connectivity index (χ1n) is 6.39. The van der Waals surface area contributed by atoms with E-state index in [2.05, 4.69) is 0 Å². The molecule has 6 nitrogen and oxygen atoms in total. The Morgan fingerprint density at radius 2 is 2.05 bits per heavy atom. The Morgan fingerprint density at radius 1 is 1.29 bits per heavy atom. The summed E-state index contributed by atoms with van der Waals surface area (Å²) in [7, 11) is 1.45. The molecule has 0 radical (unpaired) electrons. The number of hydrogen-bond acceptors (Lipinski definition) is 4. The quantitative estimate of drug-likeness (QED) is 0.852. The van der Waals surface area contributed by atoms with E-state index in [9.17, 15) is 14.0 Å². The van der Waals surface area contributed by atoms with E-state index in [1.807, 2.05) is 0 Å². The second kappa shape index (κ2) is 6.36. The summed E-state index contributed by atoms with van der Waals surface area (Å²) in [5.41, 5.74) is 4.77. The molecule has 1 heterocycles. The van der Waals surface area contributed by atoms with E-state index in [1.165, 1.54) is 30.0 Å². The summed E-state index contributed by atoms with van der Waals surface area (Å²) in [6, 6.07) is 5.66. The molecule has 0 saturated heterocycles. The maximum absolute atomic E-state index is 13.9. The molecular weight excluding hydrogens is 277 g/mol. The molecule has 0 aliphatic carbocycles. The lowest BCUT2D eigenvalue weighted by Gasteiger charge is -2.10. The van der Waals surface area contributed by atoms with Crippen molar-refractivity contribution in [2.24, 2.45) is 5.73 Å². The zero-order chi connectivity index (χ0) is 15.4. The Labute approximate surface area is 120 Å². The lowest BCUT2D eigenvalue weighted by Crippen LogP contribution is -2.40. The van der Waals surface area contributed by atoms with Gasteiger partial charge in [-0.3, -0.25) is 13.9 Å². The van der Waals surface area contributed by atoms with Gasteiger partial charge in [0.05, 0.1) is 13.7 Å². The number of nitrogens with zero attached hydrogens (tertiary/aromatic N) is 2. The smallest absolute Gasteiger partial charge is 0.331 e. The molecule has 2 rings (SSSR count). The van der Waals surface area contributed by atoms with E-state index in [1.54, 1.807) is 12.1 Å². The molecule has 7 heteroatoms. The Bertz CT molecular complexity index is 752. The minimum absolute atomic E-state index is 0.0273. The average Bonchev–Trinajstić information content (AvgIpc) is 2.48. The van der Waals surface area contributed by atoms with Gasteiger partial charge < -0.3 is 10.5 Å². The lowest BCUT2D eigenvalue weighted by atomic mass is 10.2. The molecule has 0 bridgehead atoms. The second-order valence-corrected chi connectivity index (χ2v) is 4.46. The van der Waals surface area contributed by atoms with Crippen molar-refractivity contribution in [2.75, 3.05) is 13.7 Å². The van der Waals surface area contributed by atoms with Gasteiger partial charge >= 0.3 is 5.69 Å². The molecule has 2 N–H and O–H groups in total. The molecule has 0 unspecified atom stereocenters. The van der Waals surface area contributed by atoms with Crippen molar-refractivity contribution in [3.05, 3.63) is 62.7 Å². The minimum atomic E-state index is -0.511. The number of nitrogens with two attached hydrogens (primary N) is 1. The van der Waals surface area contributed by atoms with Gasteiger partial charge in [0.25, 0.3) is 5.56 Å². The van der Waals surface area contributed by atoms with Gasteiger partial charge in [0.15, 0.2) is 0 Å². The van der Waals surface area contributed by atoms with Crippen LogP contribution in [0.25, 0.3) is 0 Å². The number of rotatable bonds is 5. The molecule has 0 aliphatic heterocycles. The van der Waals surface area contributed by atoms with Gasteiger partial charge in [-0.1, -0.05) is 6.07 Å². The van der Waals surface area contributed by atoms with Crippen molar-refractivity contribution in [1.82, 2.24) is 9.13 Å². The third-order valence-corrected chi connectivity index (χ3v) is 3.09. The highest BCUT2D eigenvalue weighted by Crippen LogP contribution is 2.16. The molecule has 112 valence electrons. The average molecular weight is 293 g/mol. The van der Waals surface area contributed by atoms with Gasteiger partial charge in [-0.15, -0.1) is 0 Å². The highest BCUT2D eigenvalue weighted by molar-refractivity contribution is 5.29. The monoisotopic (exact) mass is 293 g/mol. The van der Waals surface area contributed by atoms with E-state index in [0.29, 0.717) is 11.3 Å². The summed E-state index contributed by atoms with van der Waals surface area (Å²) in [5, 5.41) is 0. The zero-order valence-corrected chi connectivity index (χ0v) is 11.6. The first-order chi connectivity index (χ1) is 10.1. The third kappa shape index (κ3) is 3.19. The van der Waals surface area contributed by atoms with Crippen molar-refractivity contribution in [1.29, 1.82) is 0 Å². The topological polar surface area (TPSA) is 79.2 Å². The SMILES string of the molecule is COc1ccc(Cn2ccc(=O)n(CCN)c2=O)c(F)c1. The molecule has 1 aromatic heterocycles. The predicted octanol–water partition coefficient (Wildman–Crippen LogP) is 0.165. The molecule has 0 aliphatic rings. The van der Waals surface area contributed by atoms with Crippen molar-refractivity contribution in [3.8, 4) is 5.75 Å². The Morgan fingerprint density at radius 3 is 2.67 bits per heavy atom. The van der Waals surface area contributed by atoms with Gasteiger partial charge in [-0.2, -0.15) is 0 Å². The standard InChI is InChI=1S/C14H16FN3O3/c1-21-11-3-2-10(12(15)8-11)9-17-6-4-13(19)18(7-5-16)14(17)20/h2-4,6,8H,5,7,9,16H2,1H3. The first-order valence-corrected chi connectivity index (χ1v) is 6.39. The molecule has 0 fully saturated rings. The van der Waals surface area contributed by atoms with Gasteiger partial charge in [-0.25, -0.2) is 9.18 Å². The number of hydrogen-bond donors (Lipinski definition) is 1. The van der Waals surface area contributed by atoms with Crippen LogP contribution < -0.4 is 21.7 Å². The van der Waals surface area contributed by atoms with Crippen LogP contribution in [0.15, 0.2) is 40.1 Å². The Hall–Kier alpha value is -2.41. The van der Waals surface area contributed by atoms with Crippen molar-refractivity contribution < 1.29 is 9.13 Å². The van der Waals surface area contributed by atoms with E-state index >= 15 is 0 Å². The minimum Gasteiger partial charge on any atom is -0.497 e. The van der Waals surface area contributed by atoms with E-state index in [-0.39, 0.29) is 19.6 Å². The molecule has 0 spiro atoms. The van der Waals surface area contributed by atoms with Crippen molar-refractivity contribution >= 4 is 0 Å². The molecule has 0 atom stereocenters. The maximum Gasteiger partial charge on any atom is 0.331 e. The normalized spacial score (nSPS) is 10.6. The molecule has 1 aromatic carbocycles. The van der Waals surface area contributed by atoms with Crippen LogP contribution in [-0.2, 0) is 13.1 Å². The van der Waals surface area contributed by atoms with Gasteiger partial charge in [0.1, 0.15) is 11.6 Å². The number of ether oxygens (including phenoxy) is 1. The van der Waals surface area contributed by atoms with Crippen LogP contribution in [0.2, 0.25) is 0 Å². The van der Waals surface area contributed by atoms with Gasteiger partial charge in [0, 0.05) is 37.0 Å². The summed E-state index contributed by atoms with van der Waals surface area (Å²) in [5.74, 6) is -0.0745. The molecule has 0 saturated carbocycles. The summed E-state index contributed by atoms with van der Waals surface area (Å²) in [6.45, 7) is 0.333. The van der Waals surface area contributed by atoms with E-state index < -0.39 is 17.1 Å². The maximum atomic E-state index is 13.9. The number of aromatic nitrogens is 2. The van der Waals surface area contributed by atoms with Crippen LogP contribution in [0.4, 0.5) is 4.39 Å². The second-order valence-electron chi connectivity index (χ2n) is 4.46. The fraction of sp³-hybridized carbons (Fsp3) is 0.286. The Kier molecular flexibility index (Phi) is 4.54. The molecule has 21 heavy (non-hydrogen) atoms. The van der Waals surface area contributed by atoms with Crippen molar-refractivity contribution in [2.45, 2.75) is 13.1 Å². The van der Waals surface area contributed by atoms with Crippen LogP contribution in [0, 0.1) is 5.82 Å². The van der Waals surface area contributed by atoms with Crippen LogP contribution in [0.3, 0.4) is 0 Å². The van der Waals surface area contributed by atoms with E-state index in [4.69, 9.17) is 10.5 Å². The lowest BCUT2D eigenvalue weighted by molar-refractivity contribution is 0.410. The summed E-state index contributed by atoms with van der Waals surface area (Å²) in [6.07, 6.45) is 1.35. The summed E-state index contributed by atoms with van der Waals surface area (Å²) in [4.78, 5) is 23.7. The third-order valence-electron chi connectivity index (χ3n) is 3.09. The molecule has 2 aromatic rings. The van der Waals surface area contributed by atoms with Crippen LogP contribution >= 0.6 is 0 Å². The molecular formula is C14H16FN3O3. The summed E-state index contributed by atoms with van der Waals surface area (Å²) >= 11 is 0. The zero-order valence-electron chi connectivity index (χ0n) is 11.6. The molecule has 0 amide bonds. The first kappa shape index (κ1) is 15.0. The van der Waals surface area contributed by atoms with Gasteiger partial charge in [0.2, 0.25) is 0 Å². The van der Waals surface area contributed by atoms with Gasteiger partial charge in [-0.05, 0) is 6.07 Å². The largest absolute Gasteiger partial charge is 0.497 e. The number of benzene rings is 1. The van der Waals surface area contributed by atoms with E-state index in [0.717, 1.165) is 4.57 Å². The number of methoxy groups -OCH3 is 1. The number of halogens is 1. The van der Waals surface area contributed by atoms with Crippen LogP contribution in [-0.4, -0.2) is 22.8 Å². The Balaban J connectivity index is 2.38. The summed E-state index contributed by atoms with van der Waals surface area (Å²) < 4.78 is 21.1. The predicted molar refractivity (Wildman–Crippen MR) is 76.1 cm³/mol. The van der Waals surface area contributed by atoms with Crippen LogP contribution in [0.1, 0.15) is 5.56 Å². The highest BCUT2D eigenvalue weighted by Gasteiger charge is 2.08. The fourth-order valence-corrected chi connectivity index (χ4v) is 1.98. The van der Waals surface area contributed by atoms with Crippen LogP contribution in [0.5, 0.6) is 5.75 Å².